The minimum atomic E-state index is -0.220. The van der Waals surface area contributed by atoms with Crippen LogP contribution in [0.4, 0.5) is 0 Å². The predicted molar refractivity (Wildman–Crippen MR) is 108 cm³/mol. The van der Waals surface area contributed by atoms with Crippen molar-refractivity contribution in [2.75, 3.05) is 12.9 Å². The second-order valence-corrected chi connectivity index (χ2v) is 7.67. The first-order valence-corrected chi connectivity index (χ1v) is 10.2. The van der Waals surface area contributed by atoms with Crippen molar-refractivity contribution < 1.29 is 9.53 Å². The molecule has 0 N–H and O–H groups in total. The van der Waals surface area contributed by atoms with E-state index in [1.54, 1.807) is 0 Å². The highest BCUT2D eigenvalue weighted by Crippen LogP contribution is 2.34. The number of carbonyl (C=O) groups is 1. The molecule has 0 saturated carbocycles. The largest absolute Gasteiger partial charge is 0.491 e. The van der Waals surface area contributed by atoms with Gasteiger partial charge in [0.2, 0.25) is 0 Å². The summed E-state index contributed by atoms with van der Waals surface area (Å²) in [6, 6.07) is 7.82. The van der Waals surface area contributed by atoms with Crippen LogP contribution in [0.3, 0.4) is 0 Å². The molecule has 1 aromatic heterocycles. The zero-order valence-corrected chi connectivity index (χ0v) is 16.1. The van der Waals surface area contributed by atoms with E-state index in [4.69, 9.17) is 4.74 Å². The van der Waals surface area contributed by atoms with E-state index >= 15 is 0 Å². The molecule has 132 valence electrons. The van der Waals surface area contributed by atoms with Gasteiger partial charge < -0.3 is 4.74 Å². The van der Waals surface area contributed by atoms with Crippen molar-refractivity contribution in [1.82, 2.24) is 4.98 Å². The minimum Gasteiger partial charge on any atom is -0.491 e. The standard InChI is InChI=1S/C19H17N3O2S2/c1-3-4-7-24-17-13(10-20)11-21-15-6-5-12(8-14(15)17)9-16-18(23)22-19(25-2)26-16/h5-6,8-9,11H,3-4,7H2,1-2H3. The monoisotopic (exact) mass is 383 g/mol. The van der Waals surface area contributed by atoms with Crippen LogP contribution in [0.2, 0.25) is 0 Å². The Balaban J connectivity index is 2.00. The summed E-state index contributed by atoms with van der Waals surface area (Å²) in [5.41, 5.74) is 2.02. The smallest absolute Gasteiger partial charge is 0.285 e. The van der Waals surface area contributed by atoms with Crippen molar-refractivity contribution in [3.63, 3.8) is 0 Å². The van der Waals surface area contributed by atoms with Crippen LogP contribution in [0, 0.1) is 11.3 Å². The fraction of sp³-hybridized carbons (Fsp3) is 0.263. The molecular formula is C19H17N3O2S2. The number of benzene rings is 1. The normalized spacial score (nSPS) is 15.3. The third-order valence-corrected chi connectivity index (χ3v) is 5.75. The Hall–Kier alpha value is -2.30. The molecule has 0 bridgehead atoms. The predicted octanol–water partition coefficient (Wildman–Crippen LogP) is 4.62. The Morgan fingerprint density at radius 2 is 2.27 bits per heavy atom. The number of thioether (sulfide) groups is 2. The number of carbonyl (C=O) groups excluding carboxylic acids is 1. The minimum absolute atomic E-state index is 0.220. The number of pyridine rings is 1. The highest BCUT2D eigenvalue weighted by Gasteiger charge is 2.21. The molecule has 2 aromatic rings. The number of aliphatic imine (C=N–C) groups is 1. The van der Waals surface area contributed by atoms with Crippen LogP contribution in [-0.4, -0.2) is 28.1 Å². The molecule has 3 rings (SSSR count). The fourth-order valence-corrected chi connectivity index (χ4v) is 3.88. The lowest BCUT2D eigenvalue weighted by molar-refractivity contribution is -0.113. The van der Waals surface area contributed by atoms with Gasteiger partial charge in [0, 0.05) is 11.6 Å². The summed E-state index contributed by atoms with van der Waals surface area (Å²) in [5.74, 6) is 0.334. The van der Waals surface area contributed by atoms with E-state index in [9.17, 15) is 10.1 Å². The maximum absolute atomic E-state index is 12.0. The van der Waals surface area contributed by atoms with Gasteiger partial charge in [0.25, 0.3) is 5.91 Å². The summed E-state index contributed by atoms with van der Waals surface area (Å²) >= 11 is 2.83. The lowest BCUT2D eigenvalue weighted by Gasteiger charge is -2.11. The van der Waals surface area contributed by atoms with Gasteiger partial charge in [-0.25, -0.2) is 0 Å². The third-order valence-electron chi connectivity index (χ3n) is 3.78. The molecule has 0 saturated heterocycles. The van der Waals surface area contributed by atoms with Gasteiger partial charge in [-0.2, -0.15) is 10.3 Å². The number of ether oxygens (including phenoxy) is 1. The van der Waals surface area contributed by atoms with Gasteiger partial charge in [-0.05, 0) is 36.4 Å². The Morgan fingerprint density at radius 1 is 1.42 bits per heavy atom. The average Bonchev–Trinajstić information content (AvgIpc) is 3.01. The number of hydrogen-bond acceptors (Lipinski definition) is 6. The second-order valence-electron chi connectivity index (χ2n) is 5.59. The zero-order valence-electron chi connectivity index (χ0n) is 14.5. The number of unbranched alkanes of at least 4 members (excludes halogenated alkanes) is 1. The van der Waals surface area contributed by atoms with Gasteiger partial charge in [0.15, 0.2) is 0 Å². The van der Waals surface area contributed by atoms with E-state index in [1.807, 2.05) is 30.5 Å². The van der Waals surface area contributed by atoms with Crippen molar-refractivity contribution in [3.05, 3.63) is 40.4 Å². The Labute approximate surface area is 160 Å². The Morgan fingerprint density at radius 3 is 2.96 bits per heavy atom. The van der Waals surface area contributed by atoms with Crippen LogP contribution in [-0.2, 0) is 4.79 Å². The van der Waals surface area contributed by atoms with E-state index in [1.165, 1.54) is 29.7 Å². The molecule has 26 heavy (non-hydrogen) atoms. The lowest BCUT2D eigenvalue weighted by atomic mass is 10.1. The number of nitrogens with zero attached hydrogens (tertiary/aromatic N) is 3. The molecule has 0 radical (unpaired) electrons. The van der Waals surface area contributed by atoms with Crippen LogP contribution in [0.5, 0.6) is 5.75 Å². The van der Waals surface area contributed by atoms with Crippen LogP contribution >= 0.6 is 23.5 Å². The first-order valence-electron chi connectivity index (χ1n) is 8.18. The molecule has 1 aliphatic heterocycles. The van der Waals surface area contributed by atoms with Gasteiger partial charge in [0.05, 0.1) is 17.0 Å². The van der Waals surface area contributed by atoms with Gasteiger partial charge in [-0.15, -0.1) is 11.8 Å². The summed E-state index contributed by atoms with van der Waals surface area (Å²) in [7, 11) is 0. The van der Waals surface area contributed by atoms with Gasteiger partial charge in [-0.3, -0.25) is 9.78 Å². The van der Waals surface area contributed by atoms with Crippen molar-refractivity contribution in [2.24, 2.45) is 4.99 Å². The SMILES string of the molecule is CCCCOc1c(C#N)cnc2ccc(C=C3SC(SC)=NC3=O)cc12. The summed E-state index contributed by atoms with van der Waals surface area (Å²) < 4.78 is 6.63. The molecule has 0 atom stereocenters. The molecule has 1 aromatic carbocycles. The van der Waals surface area contributed by atoms with E-state index < -0.39 is 0 Å². The summed E-state index contributed by atoms with van der Waals surface area (Å²) in [5, 5.41) is 10.2. The molecule has 2 heterocycles. The summed E-state index contributed by atoms with van der Waals surface area (Å²) in [6.07, 6.45) is 7.18. The fourth-order valence-electron chi connectivity index (χ4n) is 2.46. The molecule has 0 spiro atoms. The molecule has 0 unspecified atom stereocenters. The number of amides is 1. The first-order chi connectivity index (χ1) is 12.7. The summed E-state index contributed by atoms with van der Waals surface area (Å²) in [4.78, 5) is 20.9. The molecule has 7 heteroatoms. The van der Waals surface area contributed by atoms with Gasteiger partial charge >= 0.3 is 0 Å². The highest BCUT2D eigenvalue weighted by atomic mass is 32.2. The van der Waals surface area contributed by atoms with Crippen LogP contribution in [0.1, 0.15) is 30.9 Å². The number of nitriles is 1. The van der Waals surface area contributed by atoms with Crippen LogP contribution in [0.15, 0.2) is 34.3 Å². The molecule has 1 aliphatic rings. The van der Waals surface area contributed by atoms with Crippen molar-refractivity contribution in [3.8, 4) is 11.8 Å². The van der Waals surface area contributed by atoms with Gasteiger partial charge in [-0.1, -0.05) is 31.2 Å². The number of fused-ring (bicyclic) bond motifs is 1. The molecule has 0 aliphatic carbocycles. The van der Waals surface area contributed by atoms with E-state index in [2.05, 4.69) is 23.0 Å². The zero-order chi connectivity index (χ0) is 18.5. The Bertz CT molecular complexity index is 961. The van der Waals surface area contributed by atoms with Crippen LogP contribution < -0.4 is 4.74 Å². The molecular weight excluding hydrogens is 366 g/mol. The van der Waals surface area contributed by atoms with Crippen molar-refractivity contribution >= 4 is 50.8 Å². The van der Waals surface area contributed by atoms with Crippen molar-refractivity contribution in [2.45, 2.75) is 19.8 Å². The highest BCUT2D eigenvalue weighted by molar-refractivity contribution is 8.40. The maximum Gasteiger partial charge on any atom is 0.285 e. The molecule has 0 fully saturated rings. The Kier molecular flexibility index (Phi) is 5.96. The quantitative estimate of drug-likeness (QED) is 0.554. The average molecular weight is 383 g/mol. The van der Waals surface area contributed by atoms with Gasteiger partial charge in [0.1, 0.15) is 21.8 Å². The van der Waals surface area contributed by atoms with E-state index in [-0.39, 0.29) is 5.91 Å². The van der Waals surface area contributed by atoms with Crippen LogP contribution in [0.25, 0.3) is 17.0 Å². The first kappa shape index (κ1) is 18.5. The van der Waals surface area contributed by atoms with Crippen molar-refractivity contribution in [1.29, 1.82) is 5.26 Å². The molecule has 1 amide bonds. The number of aromatic nitrogens is 1. The summed E-state index contributed by atoms with van der Waals surface area (Å²) in [6.45, 7) is 2.64. The van der Waals surface area contributed by atoms with E-state index in [0.717, 1.165) is 33.7 Å². The topological polar surface area (TPSA) is 75.3 Å². The molecule has 5 nitrogen and oxygen atoms in total. The number of hydrogen-bond donors (Lipinski definition) is 0. The lowest BCUT2D eigenvalue weighted by Crippen LogP contribution is -2.00. The van der Waals surface area contributed by atoms with E-state index in [0.29, 0.717) is 22.8 Å². The second kappa shape index (κ2) is 8.39. The third kappa shape index (κ3) is 3.92. The maximum atomic E-state index is 12.0. The number of rotatable bonds is 5.